The molecule has 0 aromatic rings. The van der Waals surface area contributed by atoms with Crippen LogP contribution in [0, 0.1) is 17.2 Å². The van der Waals surface area contributed by atoms with Crippen LogP contribution in [-0.2, 0) is 0 Å². The molecule has 4 nitrogen and oxygen atoms in total. The summed E-state index contributed by atoms with van der Waals surface area (Å²) in [6.07, 6.45) is 4.94. The van der Waals surface area contributed by atoms with E-state index in [9.17, 15) is 5.26 Å². The molecule has 20 heavy (non-hydrogen) atoms. The van der Waals surface area contributed by atoms with Crippen molar-refractivity contribution in [3.05, 3.63) is 0 Å². The van der Waals surface area contributed by atoms with Gasteiger partial charge in [0.15, 0.2) is 0 Å². The highest BCUT2D eigenvalue weighted by Crippen LogP contribution is 2.40. The summed E-state index contributed by atoms with van der Waals surface area (Å²) in [7, 11) is 4.33. The smallest absolute Gasteiger partial charge is 0.122 e. The molecule has 1 aliphatic heterocycles. The largest absolute Gasteiger partial charge is 0.305 e. The molecule has 0 bridgehead atoms. The van der Waals surface area contributed by atoms with Crippen LogP contribution >= 0.6 is 0 Å². The second-order valence-corrected chi connectivity index (χ2v) is 7.15. The summed E-state index contributed by atoms with van der Waals surface area (Å²) in [4.78, 5) is 4.83. The number of rotatable bonds is 6. The van der Waals surface area contributed by atoms with Crippen molar-refractivity contribution in [3.63, 3.8) is 0 Å². The quantitative estimate of drug-likeness (QED) is 0.803. The minimum absolute atomic E-state index is 0.331. The normalized spacial score (nSPS) is 27.6. The summed E-state index contributed by atoms with van der Waals surface area (Å²) in [5.41, 5.74) is -0.331. The van der Waals surface area contributed by atoms with Crippen LogP contribution in [0.3, 0.4) is 0 Å². The Balaban J connectivity index is 2.02. The predicted molar refractivity (Wildman–Crippen MR) is 82.5 cm³/mol. The molecule has 0 aromatic carbocycles. The minimum atomic E-state index is -0.331. The maximum atomic E-state index is 9.79. The molecule has 4 heteroatoms. The molecule has 1 N–H and O–H groups in total. The monoisotopic (exact) mass is 278 g/mol. The molecule has 0 radical (unpaired) electrons. The molecule has 2 aliphatic rings. The molecule has 1 heterocycles. The average molecular weight is 278 g/mol. The number of hydrogen-bond acceptors (Lipinski definition) is 4. The topological polar surface area (TPSA) is 42.3 Å². The molecule has 0 amide bonds. The Morgan fingerprint density at radius 3 is 2.55 bits per heavy atom. The molecule has 0 spiro atoms. The second kappa shape index (κ2) is 6.43. The zero-order valence-electron chi connectivity index (χ0n) is 13.5. The average Bonchev–Trinajstić information content (AvgIpc) is 3.22. The van der Waals surface area contributed by atoms with E-state index >= 15 is 0 Å². The zero-order valence-corrected chi connectivity index (χ0v) is 13.5. The number of nitrogens with zero attached hydrogens (tertiary/aromatic N) is 3. The van der Waals surface area contributed by atoms with E-state index in [2.05, 4.69) is 49.1 Å². The van der Waals surface area contributed by atoms with Gasteiger partial charge in [-0.25, -0.2) is 0 Å². The Kier molecular flexibility index (Phi) is 5.06. The van der Waals surface area contributed by atoms with E-state index < -0.39 is 0 Å². The van der Waals surface area contributed by atoms with Gasteiger partial charge in [0.2, 0.25) is 0 Å². The van der Waals surface area contributed by atoms with Gasteiger partial charge in [-0.1, -0.05) is 0 Å². The van der Waals surface area contributed by atoms with Gasteiger partial charge in [0.25, 0.3) is 0 Å². The van der Waals surface area contributed by atoms with E-state index in [1.807, 2.05) is 0 Å². The Hall–Kier alpha value is -0.630. The van der Waals surface area contributed by atoms with Crippen molar-refractivity contribution in [3.8, 4) is 6.07 Å². The minimum Gasteiger partial charge on any atom is -0.305 e. The summed E-state index contributed by atoms with van der Waals surface area (Å²) in [5, 5.41) is 13.4. The highest BCUT2D eigenvalue weighted by Gasteiger charge is 2.47. The first-order chi connectivity index (χ1) is 9.47. The van der Waals surface area contributed by atoms with Crippen LogP contribution in [0.2, 0.25) is 0 Å². The van der Waals surface area contributed by atoms with Crippen LogP contribution in [0.5, 0.6) is 0 Å². The van der Waals surface area contributed by atoms with Crippen LogP contribution in [0.25, 0.3) is 0 Å². The molecule has 114 valence electrons. The van der Waals surface area contributed by atoms with Crippen molar-refractivity contribution >= 4 is 0 Å². The fourth-order valence-electron chi connectivity index (χ4n) is 3.49. The van der Waals surface area contributed by atoms with Crippen molar-refractivity contribution in [2.45, 2.75) is 57.2 Å². The summed E-state index contributed by atoms with van der Waals surface area (Å²) in [5.74, 6) is 0.551. The lowest BCUT2D eigenvalue weighted by Crippen LogP contribution is -2.59. The first kappa shape index (κ1) is 15.8. The highest BCUT2D eigenvalue weighted by molar-refractivity contribution is 5.17. The summed E-state index contributed by atoms with van der Waals surface area (Å²) in [6.45, 7) is 7.42. The fourth-order valence-corrected chi connectivity index (χ4v) is 3.49. The van der Waals surface area contributed by atoms with Gasteiger partial charge >= 0.3 is 0 Å². The van der Waals surface area contributed by atoms with Gasteiger partial charge in [0, 0.05) is 25.2 Å². The van der Waals surface area contributed by atoms with Crippen LogP contribution in [-0.4, -0.2) is 61.2 Å². The Bertz CT molecular complexity index is 356. The molecule has 2 fully saturated rings. The van der Waals surface area contributed by atoms with E-state index in [0.717, 1.165) is 19.6 Å². The third-order valence-electron chi connectivity index (χ3n) is 4.70. The van der Waals surface area contributed by atoms with E-state index in [1.165, 1.54) is 25.7 Å². The second-order valence-electron chi connectivity index (χ2n) is 7.15. The fraction of sp³-hybridized carbons (Fsp3) is 0.938. The van der Waals surface area contributed by atoms with Gasteiger partial charge in [-0.3, -0.25) is 10.2 Å². The third kappa shape index (κ3) is 3.72. The zero-order chi connectivity index (χ0) is 14.8. The van der Waals surface area contributed by atoms with E-state index in [0.29, 0.717) is 18.0 Å². The number of likely N-dealkylation sites (tertiary alicyclic amines) is 1. The summed E-state index contributed by atoms with van der Waals surface area (Å²) in [6, 6.07) is 3.64. The molecule has 2 unspecified atom stereocenters. The Morgan fingerprint density at radius 2 is 2.05 bits per heavy atom. The molecule has 1 saturated carbocycles. The van der Waals surface area contributed by atoms with E-state index in [1.54, 1.807) is 0 Å². The third-order valence-corrected chi connectivity index (χ3v) is 4.70. The van der Waals surface area contributed by atoms with Gasteiger partial charge < -0.3 is 4.90 Å². The van der Waals surface area contributed by atoms with Gasteiger partial charge in [0.05, 0.1) is 6.07 Å². The van der Waals surface area contributed by atoms with Gasteiger partial charge in [0.1, 0.15) is 5.54 Å². The molecular formula is C16H30N4. The Morgan fingerprint density at radius 1 is 1.35 bits per heavy atom. The van der Waals surface area contributed by atoms with Gasteiger partial charge in [-0.2, -0.15) is 5.26 Å². The van der Waals surface area contributed by atoms with Crippen LogP contribution in [0.1, 0.15) is 39.5 Å². The van der Waals surface area contributed by atoms with E-state index in [-0.39, 0.29) is 5.54 Å². The molecule has 2 atom stereocenters. The number of nitriles is 1. The lowest BCUT2D eigenvalue weighted by molar-refractivity contribution is 0.105. The number of nitrogens with one attached hydrogen (secondary N) is 1. The first-order valence-electron chi connectivity index (χ1n) is 8.04. The van der Waals surface area contributed by atoms with Crippen molar-refractivity contribution in [1.29, 1.82) is 5.26 Å². The van der Waals surface area contributed by atoms with Crippen molar-refractivity contribution in [2.75, 3.05) is 33.7 Å². The molecule has 2 rings (SSSR count). The van der Waals surface area contributed by atoms with Crippen molar-refractivity contribution in [2.24, 2.45) is 5.92 Å². The molecule has 0 aromatic heterocycles. The number of piperidine rings is 1. The summed E-state index contributed by atoms with van der Waals surface area (Å²) >= 11 is 0. The standard InChI is InChI=1S/C16H30N4/c1-13(2)18-16(11-17,14-7-8-14)12-20-9-5-6-15(10-20)19(3)4/h13-15,18H,5-10,12H2,1-4H3. The van der Waals surface area contributed by atoms with Crippen LogP contribution in [0.15, 0.2) is 0 Å². The number of hydrogen-bond donors (Lipinski definition) is 1. The SMILES string of the molecule is CC(C)NC(C#N)(CN1CCCC(N(C)C)C1)C1CC1. The maximum absolute atomic E-state index is 9.79. The van der Waals surface area contributed by atoms with Crippen LogP contribution < -0.4 is 5.32 Å². The van der Waals surface area contributed by atoms with E-state index in [4.69, 9.17) is 0 Å². The highest BCUT2D eigenvalue weighted by atomic mass is 15.2. The van der Waals surface area contributed by atoms with Crippen LogP contribution in [0.4, 0.5) is 0 Å². The molecule has 1 saturated heterocycles. The molecule has 1 aliphatic carbocycles. The number of likely N-dealkylation sites (N-methyl/N-ethyl adjacent to an activating group) is 1. The summed E-state index contributed by atoms with van der Waals surface area (Å²) < 4.78 is 0. The lowest BCUT2D eigenvalue weighted by atomic mass is 9.91. The molecular weight excluding hydrogens is 248 g/mol. The lowest BCUT2D eigenvalue weighted by Gasteiger charge is -2.41. The van der Waals surface area contributed by atoms with Gasteiger partial charge in [-0.05, 0) is 66.1 Å². The van der Waals surface area contributed by atoms with Crippen molar-refractivity contribution in [1.82, 2.24) is 15.1 Å². The Labute approximate surface area is 124 Å². The first-order valence-corrected chi connectivity index (χ1v) is 8.04. The van der Waals surface area contributed by atoms with Gasteiger partial charge in [-0.15, -0.1) is 0 Å². The maximum Gasteiger partial charge on any atom is 0.122 e. The van der Waals surface area contributed by atoms with Crippen molar-refractivity contribution < 1.29 is 0 Å². The predicted octanol–water partition coefficient (Wildman–Crippen LogP) is 1.68.